The zero-order chi connectivity index (χ0) is 25.3. The molecule has 1 heterocycles. The first kappa shape index (κ1) is 23.6. The molecule has 0 bridgehead atoms. The fourth-order valence-electron chi connectivity index (χ4n) is 4.64. The Kier molecular flexibility index (Phi) is 5.18. The van der Waals surface area contributed by atoms with Gasteiger partial charge in [0.15, 0.2) is 0 Å². The van der Waals surface area contributed by atoms with Crippen molar-refractivity contribution in [1.29, 1.82) is 0 Å². The van der Waals surface area contributed by atoms with Crippen LogP contribution in [0, 0.1) is 19.7 Å². The largest absolute Gasteiger partial charge is 0.380 e. The highest BCUT2D eigenvalue weighted by Crippen LogP contribution is 2.66. The number of alkyl halides is 6. The molecule has 0 atom stereocenters. The lowest BCUT2D eigenvalue weighted by Gasteiger charge is -2.26. The Balaban J connectivity index is 1.89. The molecule has 0 radical (unpaired) electrons. The van der Waals surface area contributed by atoms with Crippen molar-refractivity contribution < 1.29 is 30.7 Å². The Hall–Kier alpha value is -3.13. The van der Waals surface area contributed by atoms with Crippen LogP contribution in [-0.2, 0) is 0 Å². The lowest BCUT2D eigenvalue weighted by Crippen LogP contribution is -2.49. The van der Waals surface area contributed by atoms with Crippen LogP contribution in [0.2, 0.25) is 0 Å². The molecule has 3 aromatic carbocycles. The summed E-state index contributed by atoms with van der Waals surface area (Å²) in [5, 5.41) is 0.628. The number of benzene rings is 3. The van der Waals surface area contributed by atoms with Gasteiger partial charge in [0.25, 0.3) is 0 Å². The molecular formula is C27H17F7S. The van der Waals surface area contributed by atoms with Crippen LogP contribution in [-0.4, -0.2) is 17.8 Å². The molecule has 0 N–H and O–H groups in total. The van der Waals surface area contributed by atoms with E-state index >= 15 is 17.6 Å². The summed E-state index contributed by atoms with van der Waals surface area (Å²) in [4.78, 5) is 0.440. The van der Waals surface area contributed by atoms with Crippen molar-refractivity contribution in [3.63, 3.8) is 0 Å². The monoisotopic (exact) mass is 506 g/mol. The Morgan fingerprint density at radius 1 is 0.714 bits per heavy atom. The van der Waals surface area contributed by atoms with E-state index in [2.05, 4.69) is 0 Å². The van der Waals surface area contributed by atoms with E-state index in [1.807, 2.05) is 0 Å². The summed E-state index contributed by atoms with van der Waals surface area (Å²) in [7, 11) is 0. The number of hydrogen-bond acceptors (Lipinski definition) is 1. The van der Waals surface area contributed by atoms with Crippen LogP contribution in [0.25, 0.3) is 32.4 Å². The SMILES string of the molecule is Cc1ccc2ccccc2c1C1=C(c2cc(-c3cccc(F)c3)sc2C)C(F)(F)C(F)(F)C1(F)F. The average Bonchev–Trinajstić information content (AvgIpc) is 3.22. The number of hydrogen-bond donors (Lipinski definition) is 0. The maximum atomic E-state index is 15.4. The molecule has 4 aromatic rings. The predicted molar refractivity (Wildman–Crippen MR) is 125 cm³/mol. The third-order valence-corrected chi connectivity index (χ3v) is 7.45. The van der Waals surface area contributed by atoms with E-state index in [4.69, 9.17) is 0 Å². The molecule has 0 saturated heterocycles. The van der Waals surface area contributed by atoms with E-state index in [0.29, 0.717) is 15.8 Å². The normalized spacial score (nSPS) is 18.4. The Morgan fingerprint density at radius 2 is 1.40 bits per heavy atom. The molecule has 0 aliphatic heterocycles. The van der Waals surface area contributed by atoms with Crippen LogP contribution in [0.4, 0.5) is 30.7 Å². The van der Waals surface area contributed by atoms with Gasteiger partial charge in [-0.05, 0) is 65.1 Å². The van der Waals surface area contributed by atoms with Crippen molar-refractivity contribution in [3.05, 3.63) is 94.1 Å². The van der Waals surface area contributed by atoms with Crippen LogP contribution >= 0.6 is 11.3 Å². The first-order chi connectivity index (χ1) is 16.4. The Bertz CT molecular complexity index is 1510. The van der Waals surface area contributed by atoms with Gasteiger partial charge in [-0.1, -0.05) is 48.5 Å². The van der Waals surface area contributed by atoms with Crippen LogP contribution in [0.5, 0.6) is 0 Å². The summed E-state index contributed by atoms with van der Waals surface area (Å²) in [6.45, 7) is 2.82. The molecule has 0 fully saturated rings. The molecule has 1 aromatic heterocycles. The van der Waals surface area contributed by atoms with Gasteiger partial charge in [0, 0.05) is 20.9 Å². The first-order valence-electron chi connectivity index (χ1n) is 10.6. The van der Waals surface area contributed by atoms with E-state index in [1.54, 1.807) is 18.2 Å². The van der Waals surface area contributed by atoms with Crippen LogP contribution < -0.4 is 0 Å². The number of thiophene rings is 1. The zero-order valence-electron chi connectivity index (χ0n) is 18.4. The molecule has 0 nitrogen and oxygen atoms in total. The van der Waals surface area contributed by atoms with Gasteiger partial charge in [-0.3, -0.25) is 0 Å². The molecule has 1 aliphatic rings. The average molecular weight is 506 g/mol. The fourth-order valence-corrected chi connectivity index (χ4v) is 5.66. The van der Waals surface area contributed by atoms with Crippen LogP contribution in [0.3, 0.4) is 0 Å². The minimum absolute atomic E-state index is 0.142. The van der Waals surface area contributed by atoms with Gasteiger partial charge >= 0.3 is 17.8 Å². The van der Waals surface area contributed by atoms with Crippen molar-refractivity contribution >= 4 is 33.3 Å². The first-order valence-corrected chi connectivity index (χ1v) is 11.4. The summed E-state index contributed by atoms with van der Waals surface area (Å²) in [6, 6.07) is 15.8. The number of halogens is 7. The second kappa shape index (κ2) is 7.68. The quantitative estimate of drug-likeness (QED) is 0.243. The number of rotatable bonds is 3. The third-order valence-electron chi connectivity index (χ3n) is 6.35. The van der Waals surface area contributed by atoms with E-state index in [9.17, 15) is 13.2 Å². The Morgan fingerprint density at radius 3 is 2.11 bits per heavy atom. The predicted octanol–water partition coefficient (Wildman–Crippen LogP) is 9.15. The van der Waals surface area contributed by atoms with Crippen molar-refractivity contribution in [1.82, 2.24) is 0 Å². The van der Waals surface area contributed by atoms with Gasteiger partial charge in [0.05, 0.1) is 0 Å². The van der Waals surface area contributed by atoms with E-state index in [0.717, 1.165) is 23.5 Å². The van der Waals surface area contributed by atoms with E-state index in [-0.39, 0.29) is 21.4 Å². The second-order valence-corrected chi connectivity index (χ2v) is 9.80. The molecule has 0 spiro atoms. The highest BCUT2D eigenvalue weighted by molar-refractivity contribution is 7.15. The maximum Gasteiger partial charge on any atom is 0.380 e. The smallest absolute Gasteiger partial charge is 0.207 e. The zero-order valence-corrected chi connectivity index (χ0v) is 19.2. The molecule has 0 unspecified atom stereocenters. The molecule has 0 saturated carbocycles. The van der Waals surface area contributed by atoms with Gasteiger partial charge in [-0.2, -0.15) is 26.3 Å². The standard InChI is InChI=1S/C27H17F7S/c1-14-10-11-16-6-3-4-9-19(16)22(14)24-23(25(29,30)27(33,34)26(24,31)32)20-13-21(35-15(20)2)17-7-5-8-18(28)12-17/h3-13H,1-2H3. The topological polar surface area (TPSA) is 0 Å². The minimum Gasteiger partial charge on any atom is -0.207 e. The summed E-state index contributed by atoms with van der Waals surface area (Å²) in [5.74, 6) is -16.5. The third kappa shape index (κ3) is 3.26. The van der Waals surface area contributed by atoms with E-state index in [1.165, 1.54) is 50.2 Å². The lowest BCUT2D eigenvalue weighted by molar-refractivity contribution is -0.254. The fraction of sp³-hybridized carbons (Fsp3) is 0.185. The highest BCUT2D eigenvalue weighted by Gasteiger charge is 2.80. The molecule has 5 rings (SSSR count). The van der Waals surface area contributed by atoms with Gasteiger partial charge in [-0.25, -0.2) is 4.39 Å². The van der Waals surface area contributed by atoms with Crippen LogP contribution in [0.15, 0.2) is 66.7 Å². The lowest BCUT2D eigenvalue weighted by atomic mass is 9.88. The van der Waals surface area contributed by atoms with Crippen molar-refractivity contribution in [2.24, 2.45) is 0 Å². The molecule has 1 aliphatic carbocycles. The molecular weight excluding hydrogens is 489 g/mol. The van der Waals surface area contributed by atoms with Crippen molar-refractivity contribution in [2.45, 2.75) is 31.6 Å². The van der Waals surface area contributed by atoms with Gasteiger partial charge in [0.2, 0.25) is 0 Å². The summed E-state index contributed by atoms with van der Waals surface area (Å²) < 4.78 is 105. The highest BCUT2D eigenvalue weighted by atomic mass is 32.1. The second-order valence-electron chi connectivity index (χ2n) is 8.54. The Labute approximate surface area is 200 Å². The van der Waals surface area contributed by atoms with Gasteiger partial charge < -0.3 is 0 Å². The van der Waals surface area contributed by atoms with Crippen LogP contribution in [0.1, 0.15) is 21.6 Å². The van der Waals surface area contributed by atoms with Crippen molar-refractivity contribution in [2.75, 3.05) is 0 Å². The summed E-state index contributed by atoms with van der Waals surface area (Å²) in [5.41, 5.74) is -3.02. The molecule has 35 heavy (non-hydrogen) atoms. The van der Waals surface area contributed by atoms with E-state index < -0.39 is 40.3 Å². The summed E-state index contributed by atoms with van der Waals surface area (Å²) >= 11 is 0.945. The number of fused-ring (bicyclic) bond motifs is 1. The van der Waals surface area contributed by atoms with Gasteiger partial charge in [-0.15, -0.1) is 11.3 Å². The van der Waals surface area contributed by atoms with Crippen molar-refractivity contribution in [3.8, 4) is 10.4 Å². The number of allylic oxidation sites excluding steroid dienone is 2. The summed E-state index contributed by atoms with van der Waals surface area (Å²) in [6.07, 6.45) is 0. The molecule has 0 amide bonds. The minimum atomic E-state index is -5.65. The molecule has 8 heteroatoms. The maximum absolute atomic E-state index is 15.4. The van der Waals surface area contributed by atoms with Gasteiger partial charge in [0.1, 0.15) is 5.82 Å². The molecule has 180 valence electrons. The number of aryl methyl sites for hydroxylation is 2.